The van der Waals surface area contributed by atoms with Gasteiger partial charge in [0.15, 0.2) is 6.61 Å². The minimum Gasteiger partial charge on any atom is -0.484 e. The van der Waals surface area contributed by atoms with Crippen molar-refractivity contribution in [1.82, 2.24) is 4.90 Å². The molecule has 1 saturated carbocycles. The second-order valence-electron chi connectivity index (χ2n) is 5.71. The van der Waals surface area contributed by atoms with E-state index in [2.05, 4.69) is 0 Å². The fourth-order valence-electron chi connectivity index (χ4n) is 2.46. The van der Waals surface area contributed by atoms with E-state index in [-0.39, 0.29) is 12.5 Å². The number of nitrogens with zero attached hydrogens (tertiary/aromatic N) is 1. The first-order valence-corrected chi connectivity index (χ1v) is 7.77. The van der Waals surface area contributed by atoms with E-state index in [1.807, 2.05) is 35.2 Å². The molecule has 2 aromatic rings. The highest BCUT2D eigenvalue weighted by Crippen LogP contribution is 2.28. The highest BCUT2D eigenvalue weighted by Gasteiger charge is 2.32. The molecule has 3 rings (SSSR count). The lowest BCUT2D eigenvalue weighted by molar-refractivity contribution is -0.134. The summed E-state index contributed by atoms with van der Waals surface area (Å²) >= 11 is 0. The van der Waals surface area contributed by atoms with Gasteiger partial charge in [-0.3, -0.25) is 9.59 Å². The second-order valence-corrected chi connectivity index (χ2v) is 5.71. The Labute approximate surface area is 135 Å². The van der Waals surface area contributed by atoms with Gasteiger partial charge in [0.1, 0.15) is 12.0 Å². The van der Waals surface area contributed by atoms with Gasteiger partial charge in [-0.05, 0) is 42.7 Å². The third kappa shape index (κ3) is 4.19. The van der Waals surface area contributed by atoms with Gasteiger partial charge in [0.25, 0.3) is 5.91 Å². The molecule has 118 valence electrons. The molecule has 0 N–H and O–H groups in total. The molecule has 0 bridgehead atoms. The van der Waals surface area contributed by atoms with Crippen molar-refractivity contribution in [2.45, 2.75) is 25.4 Å². The second kappa shape index (κ2) is 7.09. The number of benzene rings is 2. The van der Waals surface area contributed by atoms with E-state index in [1.54, 1.807) is 24.3 Å². The predicted molar refractivity (Wildman–Crippen MR) is 87.3 cm³/mol. The van der Waals surface area contributed by atoms with Crippen molar-refractivity contribution >= 4 is 12.2 Å². The lowest BCUT2D eigenvalue weighted by Crippen LogP contribution is -2.36. The number of carbonyl (C=O) groups is 2. The smallest absolute Gasteiger partial charge is 0.261 e. The van der Waals surface area contributed by atoms with Gasteiger partial charge in [-0.25, -0.2) is 0 Å². The maximum atomic E-state index is 12.5. The van der Waals surface area contributed by atoms with Crippen LogP contribution in [0.2, 0.25) is 0 Å². The number of aldehydes is 1. The van der Waals surface area contributed by atoms with Crippen LogP contribution < -0.4 is 4.74 Å². The molecule has 0 saturated heterocycles. The Hall–Kier alpha value is -2.62. The number of rotatable bonds is 7. The van der Waals surface area contributed by atoms with E-state index in [0.717, 1.165) is 24.7 Å². The van der Waals surface area contributed by atoms with Gasteiger partial charge in [0.2, 0.25) is 0 Å². The van der Waals surface area contributed by atoms with Crippen LogP contribution in [0.25, 0.3) is 0 Å². The summed E-state index contributed by atoms with van der Waals surface area (Å²) in [6.07, 6.45) is 2.91. The maximum absolute atomic E-state index is 12.5. The van der Waals surface area contributed by atoms with Gasteiger partial charge in [-0.1, -0.05) is 30.3 Å². The van der Waals surface area contributed by atoms with E-state index in [1.165, 1.54) is 0 Å². The molecule has 0 radical (unpaired) electrons. The monoisotopic (exact) mass is 309 g/mol. The summed E-state index contributed by atoms with van der Waals surface area (Å²) in [7, 11) is 0. The van der Waals surface area contributed by atoms with Crippen LogP contribution >= 0.6 is 0 Å². The van der Waals surface area contributed by atoms with Crippen LogP contribution in [-0.2, 0) is 11.3 Å². The lowest BCUT2D eigenvalue weighted by atomic mass is 10.2. The van der Waals surface area contributed by atoms with E-state index in [9.17, 15) is 9.59 Å². The Morgan fingerprint density at radius 1 is 1.09 bits per heavy atom. The average Bonchev–Trinajstić information content (AvgIpc) is 3.44. The van der Waals surface area contributed by atoms with E-state index in [4.69, 9.17) is 4.74 Å². The molecule has 0 unspecified atom stereocenters. The zero-order chi connectivity index (χ0) is 16.1. The average molecular weight is 309 g/mol. The standard InChI is InChI=1S/C19H19NO3/c21-13-16-6-10-18(11-7-16)23-14-19(22)20(17-8-9-17)12-15-4-2-1-3-5-15/h1-7,10-11,13,17H,8-9,12,14H2. The van der Waals surface area contributed by atoms with Crippen LogP contribution in [0.4, 0.5) is 0 Å². The van der Waals surface area contributed by atoms with Gasteiger partial charge in [0.05, 0.1) is 0 Å². The van der Waals surface area contributed by atoms with Crippen molar-refractivity contribution in [3.63, 3.8) is 0 Å². The zero-order valence-corrected chi connectivity index (χ0v) is 12.9. The molecule has 1 aliphatic rings. The minimum absolute atomic E-state index is 0.00387. The molecule has 4 nitrogen and oxygen atoms in total. The Balaban J connectivity index is 1.59. The molecule has 4 heteroatoms. The fraction of sp³-hybridized carbons (Fsp3) is 0.263. The molecule has 1 fully saturated rings. The van der Waals surface area contributed by atoms with Crippen molar-refractivity contribution in [2.75, 3.05) is 6.61 Å². The zero-order valence-electron chi connectivity index (χ0n) is 12.9. The molecule has 0 aliphatic heterocycles. The molecule has 1 amide bonds. The summed E-state index contributed by atoms with van der Waals surface area (Å²) in [6.45, 7) is 0.640. The van der Waals surface area contributed by atoms with Gasteiger partial charge < -0.3 is 9.64 Å². The summed E-state index contributed by atoms with van der Waals surface area (Å²) in [5.74, 6) is 0.593. The highest BCUT2D eigenvalue weighted by atomic mass is 16.5. The van der Waals surface area contributed by atoms with E-state index >= 15 is 0 Å². The Kier molecular flexibility index (Phi) is 4.71. The summed E-state index contributed by atoms with van der Waals surface area (Å²) in [4.78, 5) is 25.0. The topological polar surface area (TPSA) is 46.6 Å². The van der Waals surface area contributed by atoms with E-state index in [0.29, 0.717) is 23.9 Å². The van der Waals surface area contributed by atoms with Crippen LogP contribution in [0.5, 0.6) is 5.75 Å². The number of hydrogen-bond acceptors (Lipinski definition) is 3. The molecular formula is C19H19NO3. The normalized spacial score (nSPS) is 13.4. The van der Waals surface area contributed by atoms with E-state index < -0.39 is 0 Å². The first-order valence-electron chi connectivity index (χ1n) is 7.77. The fourth-order valence-corrected chi connectivity index (χ4v) is 2.46. The Morgan fingerprint density at radius 2 is 1.78 bits per heavy atom. The maximum Gasteiger partial charge on any atom is 0.261 e. The predicted octanol–water partition coefficient (Wildman–Crippen LogP) is 3.07. The summed E-state index contributed by atoms with van der Waals surface area (Å²) < 4.78 is 5.56. The first kappa shape index (κ1) is 15.3. The molecule has 0 heterocycles. The Morgan fingerprint density at radius 3 is 2.39 bits per heavy atom. The molecule has 2 aromatic carbocycles. The van der Waals surface area contributed by atoms with Gasteiger partial charge in [0, 0.05) is 18.2 Å². The third-order valence-corrected chi connectivity index (χ3v) is 3.88. The molecular weight excluding hydrogens is 290 g/mol. The van der Waals surface area contributed by atoms with Crippen molar-refractivity contribution in [3.05, 3.63) is 65.7 Å². The number of carbonyl (C=O) groups excluding carboxylic acids is 2. The van der Waals surface area contributed by atoms with Gasteiger partial charge in [-0.15, -0.1) is 0 Å². The van der Waals surface area contributed by atoms with Gasteiger partial charge >= 0.3 is 0 Å². The van der Waals surface area contributed by atoms with Crippen molar-refractivity contribution in [3.8, 4) is 5.75 Å². The van der Waals surface area contributed by atoms with Crippen LogP contribution in [0.1, 0.15) is 28.8 Å². The van der Waals surface area contributed by atoms with Crippen molar-refractivity contribution < 1.29 is 14.3 Å². The third-order valence-electron chi connectivity index (χ3n) is 3.88. The molecule has 0 aromatic heterocycles. The quantitative estimate of drug-likeness (QED) is 0.738. The molecule has 0 spiro atoms. The number of amides is 1. The van der Waals surface area contributed by atoms with Crippen LogP contribution in [0.3, 0.4) is 0 Å². The van der Waals surface area contributed by atoms with Crippen molar-refractivity contribution in [1.29, 1.82) is 0 Å². The molecule has 1 aliphatic carbocycles. The molecule has 0 atom stereocenters. The minimum atomic E-state index is -0.00387. The SMILES string of the molecule is O=Cc1ccc(OCC(=O)N(Cc2ccccc2)C2CC2)cc1. The number of ether oxygens (including phenoxy) is 1. The van der Waals surface area contributed by atoms with Crippen LogP contribution in [-0.4, -0.2) is 29.7 Å². The molecule has 23 heavy (non-hydrogen) atoms. The largest absolute Gasteiger partial charge is 0.484 e. The van der Waals surface area contributed by atoms with Crippen LogP contribution in [0, 0.1) is 0 Å². The highest BCUT2D eigenvalue weighted by molar-refractivity contribution is 5.78. The Bertz CT molecular complexity index is 663. The summed E-state index contributed by atoms with van der Waals surface area (Å²) in [6, 6.07) is 17.1. The summed E-state index contributed by atoms with van der Waals surface area (Å²) in [5, 5.41) is 0. The van der Waals surface area contributed by atoms with Crippen molar-refractivity contribution in [2.24, 2.45) is 0 Å². The van der Waals surface area contributed by atoms with Gasteiger partial charge in [-0.2, -0.15) is 0 Å². The summed E-state index contributed by atoms with van der Waals surface area (Å²) in [5.41, 5.74) is 1.72. The first-order chi connectivity index (χ1) is 11.3. The van der Waals surface area contributed by atoms with Crippen LogP contribution in [0.15, 0.2) is 54.6 Å². The number of hydrogen-bond donors (Lipinski definition) is 0. The lowest BCUT2D eigenvalue weighted by Gasteiger charge is -2.22.